The molecule has 0 bridgehead atoms. The van der Waals surface area contributed by atoms with Gasteiger partial charge in [-0.15, -0.1) is 0 Å². The SMILES string of the molecule is CCc1cccc(-c2cc(Cc3c(Cl)cc(OCC(C)=O)cc3Cl)ccc2O)c1. The highest BCUT2D eigenvalue weighted by Crippen LogP contribution is 2.35. The minimum atomic E-state index is -0.0786. The number of carbonyl (C=O) groups is 1. The largest absolute Gasteiger partial charge is 0.507 e. The van der Waals surface area contributed by atoms with Crippen molar-refractivity contribution in [3.8, 4) is 22.6 Å². The second kappa shape index (κ2) is 9.34. The highest BCUT2D eigenvalue weighted by atomic mass is 35.5. The van der Waals surface area contributed by atoms with Crippen LogP contribution in [0.5, 0.6) is 11.5 Å². The highest BCUT2D eigenvalue weighted by molar-refractivity contribution is 6.36. The van der Waals surface area contributed by atoms with Crippen LogP contribution < -0.4 is 4.74 Å². The third-order valence-corrected chi connectivity index (χ3v) is 5.32. The smallest absolute Gasteiger partial charge is 0.167 e. The number of hydrogen-bond donors (Lipinski definition) is 1. The van der Waals surface area contributed by atoms with Crippen LogP contribution in [0, 0.1) is 0 Å². The standard InChI is InChI=1S/C24H22Cl2O3/c1-3-16-5-4-6-18(9-16)20-10-17(7-8-24(20)28)11-21-22(25)12-19(13-23(21)26)29-14-15(2)27/h4-10,12-13,28H,3,11,14H2,1-2H3. The maximum Gasteiger partial charge on any atom is 0.167 e. The summed E-state index contributed by atoms with van der Waals surface area (Å²) in [6.07, 6.45) is 1.43. The van der Waals surface area contributed by atoms with Crippen LogP contribution in [0.2, 0.25) is 10.0 Å². The van der Waals surface area contributed by atoms with Crippen molar-refractivity contribution >= 4 is 29.0 Å². The summed E-state index contributed by atoms with van der Waals surface area (Å²) in [6, 6.07) is 17.0. The van der Waals surface area contributed by atoms with Crippen LogP contribution in [-0.2, 0) is 17.6 Å². The number of carbonyl (C=O) groups excluding carboxylic acids is 1. The number of ketones is 1. The third kappa shape index (κ3) is 5.31. The van der Waals surface area contributed by atoms with E-state index < -0.39 is 0 Å². The van der Waals surface area contributed by atoms with Crippen molar-refractivity contribution in [1.29, 1.82) is 0 Å². The molecule has 150 valence electrons. The van der Waals surface area contributed by atoms with Gasteiger partial charge in [-0.3, -0.25) is 4.79 Å². The fourth-order valence-electron chi connectivity index (χ4n) is 3.10. The van der Waals surface area contributed by atoms with Crippen LogP contribution in [0.1, 0.15) is 30.5 Å². The van der Waals surface area contributed by atoms with E-state index in [-0.39, 0.29) is 18.1 Å². The second-order valence-corrected chi connectivity index (χ2v) is 7.75. The summed E-state index contributed by atoms with van der Waals surface area (Å²) in [5.74, 6) is 0.610. The van der Waals surface area contributed by atoms with Gasteiger partial charge in [0.15, 0.2) is 5.78 Å². The van der Waals surface area contributed by atoms with Gasteiger partial charge in [-0.2, -0.15) is 0 Å². The first-order valence-corrected chi connectivity index (χ1v) is 10.1. The molecule has 0 radical (unpaired) electrons. The molecule has 0 aromatic heterocycles. The average Bonchev–Trinajstić information content (AvgIpc) is 2.70. The van der Waals surface area contributed by atoms with Crippen LogP contribution in [-0.4, -0.2) is 17.5 Å². The van der Waals surface area contributed by atoms with E-state index in [4.69, 9.17) is 27.9 Å². The van der Waals surface area contributed by atoms with Gasteiger partial charge < -0.3 is 9.84 Å². The van der Waals surface area contributed by atoms with E-state index in [9.17, 15) is 9.90 Å². The number of phenolic OH excluding ortho intramolecular Hbond substituents is 1. The van der Waals surface area contributed by atoms with E-state index in [2.05, 4.69) is 19.1 Å². The van der Waals surface area contributed by atoms with E-state index in [0.717, 1.165) is 28.7 Å². The Labute approximate surface area is 180 Å². The second-order valence-electron chi connectivity index (χ2n) is 6.94. The first-order chi connectivity index (χ1) is 13.9. The number of hydrogen-bond acceptors (Lipinski definition) is 3. The Morgan fingerprint density at radius 2 is 1.72 bits per heavy atom. The van der Waals surface area contributed by atoms with E-state index in [0.29, 0.717) is 22.2 Å². The zero-order chi connectivity index (χ0) is 21.0. The number of aromatic hydroxyl groups is 1. The number of phenols is 1. The van der Waals surface area contributed by atoms with Crippen molar-refractivity contribution in [1.82, 2.24) is 0 Å². The van der Waals surface area contributed by atoms with Crippen molar-refractivity contribution in [2.24, 2.45) is 0 Å². The maximum absolute atomic E-state index is 11.1. The normalized spacial score (nSPS) is 10.8. The molecule has 0 unspecified atom stereocenters. The molecule has 0 heterocycles. The summed E-state index contributed by atoms with van der Waals surface area (Å²) in [7, 11) is 0. The molecule has 0 aliphatic heterocycles. The first-order valence-electron chi connectivity index (χ1n) is 9.38. The lowest BCUT2D eigenvalue weighted by Crippen LogP contribution is -2.06. The van der Waals surface area contributed by atoms with E-state index >= 15 is 0 Å². The molecule has 0 fully saturated rings. The summed E-state index contributed by atoms with van der Waals surface area (Å²) in [6.45, 7) is 3.53. The molecule has 0 saturated heterocycles. The van der Waals surface area contributed by atoms with Crippen LogP contribution in [0.4, 0.5) is 0 Å². The number of ether oxygens (including phenoxy) is 1. The van der Waals surface area contributed by atoms with Gasteiger partial charge in [0.25, 0.3) is 0 Å². The lowest BCUT2D eigenvalue weighted by molar-refractivity contribution is -0.118. The van der Waals surface area contributed by atoms with Crippen molar-refractivity contribution in [3.63, 3.8) is 0 Å². The molecule has 3 nitrogen and oxygen atoms in total. The number of rotatable bonds is 7. The maximum atomic E-state index is 11.1. The first kappa shape index (κ1) is 21.2. The van der Waals surface area contributed by atoms with Crippen molar-refractivity contribution < 1.29 is 14.6 Å². The van der Waals surface area contributed by atoms with Gasteiger partial charge in [-0.05, 0) is 59.9 Å². The lowest BCUT2D eigenvalue weighted by Gasteiger charge is -2.13. The van der Waals surface area contributed by atoms with Gasteiger partial charge in [0.05, 0.1) is 0 Å². The van der Waals surface area contributed by atoms with Crippen molar-refractivity contribution in [2.45, 2.75) is 26.7 Å². The topological polar surface area (TPSA) is 46.5 Å². The molecular weight excluding hydrogens is 407 g/mol. The van der Waals surface area contributed by atoms with E-state index in [1.807, 2.05) is 24.3 Å². The van der Waals surface area contributed by atoms with Crippen LogP contribution in [0.15, 0.2) is 54.6 Å². The molecule has 1 N–H and O–H groups in total. The van der Waals surface area contributed by atoms with Crippen molar-refractivity contribution in [3.05, 3.63) is 81.3 Å². The zero-order valence-corrected chi connectivity index (χ0v) is 17.8. The predicted molar refractivity (Wildman–Crippen MR) is 118 cm³/mol. The Bertz CT molecular complexity index is 1020. The fourth-order valence-corrected chi connectivity index (χ4v) is 3.70. The Balaban J connectivity index is 1.90. The van der Waals surface area contributed by atoms with E-state index in [1.54, 1.807) is 18.2 Å². The molecular formula is C24H22Cl2O3. The van der Waals surface area contributed by atoms with Crippen LogP contribution in [0.25, 0.3) is 11.1 Å². The molecule has 3 aromatic carbocycles. The van der Waals surface area contributed by atoms with E-state index in [1.165, 1.54) is 12.5 Å². The fraction of sp³-hybridized carbons (Fsp3) is 0.208. The van der Waals surface area contributed by atoms with Gasteiger partial charge in [0.1, 0.15) is 18.1 Å². The number of halogens is 2. The monoisotopic (exact) mass is 428 g/mol. The minimum Gasteiger partial charge on any atom is -0.507 e. The Kier molecular flexibility index (Phi) is 6.83. The molecule has 0 saturated carbocycles. The van der Waals surface area contributed by atoms with Crippen LogP contribution >= 0.6 is 23.2 Å². The Morgan fingerprint density at radius 3 is 2.38 bits per heavy atom. The number of Topliss-reactive ketones (excluding diaryl/α,β-unsaturated/α-hetero) is 1. The lowest BCUT2D eigenvalue weighted by atomic mass is 9.96. The Morgan fingerprint density at radius 1 is 1.00 bits per heavy atom. The third-order valence-electron chi connectivity index (χ3n) is 4.64. The number of benzene rings is 3. The molecule has 0 aliphatic carbocycles. The molecule has 0 aliphatic rings. The Hall–Kier alpha value is -2.49. The average molecular weight is 429 g/mol. The summed E-state index contributed by atoms with van der Waals surface area (Å²) >= 11 is 12.9. The molecule has 3 aromatic rings. The summed E-state index contributed by atoms with van der Waals surface area (Å²) in [5, 5.41) is 11.3. The van der Waals surface area contributed by atoms with Gasteiger partial charge in [-0.1, -0.05) is 60.5 Å². The van der Waals surface area contributed by atoms with Crippen molar-refractivity contribution in [2.75, 3.05) is 6.61 Å². The summed E-state index contributed by atoms with van der Waals surface area (Å²) < 4.78 is 5.40. The quantitative estimate of drug-likeness (QED) is 0.467. The van der Waals surface area contributed by atoms with Gasteiger partial charge in [-0.25, -0.2) is 0 Å². The molecule has 3 rings (SSSR count). The minimum absolute atomic E-state index is 0.0237. The molecule has 5 heteroatoms. The predicted octanol–water partition coefficient (Wildman–Crippen LogP) is 6.49. The summed E-state index contributed by atoms with van der Waals surface area (Å²) in [5.41, 5.74) is 4.68. The molecule has 0 atom stereocenters. The van der Waals surface area contributed by atoms with Gasteiger partial charge in [0, 0.05) is 22.0 Å². The van der Waals surface area contributed by atoms with Gasteiger partial charge >= 0.3 is 0 Å². The summed E-state index contributed by atoms with van der Waals surface area (Å²) in [4.78, 5) is 11.1. The highest BCUT2D eigenvalue weighted by Gasteiger charge is 2.13. The number of aryl methyl sites for hydroxylation is 1. The molecule has 0 amide bonds. The molecule has 29 heavy (non-hydrogen) atoms. The van der Waals surface area contributed by atoms with Crippen LogP contribution in [0.3, 0.4) is 0 Å². The van der Waals surface area contributed by atoms with Gasteiger partial charge in [0.2, 0.25) is 0 Å². The molecule has 0 spiro atoms. The zero-order valence-electron chi connectivity index (χ0n) is 16.3.